The van der Waals surface area contributed by atoms with Gasteiger partial charge in [-0.05, 0) is 13.8 Å². The lowest BCUT2D eigenvalue weighted by molar-refractivity contribution is 0.481. The Morgan fingerprint density at radius 2 is 2.08 bits per heavy atom. The minimum atomic E-state index is -0.408. The van der Waals surface area contributed by atoms with E-state index in [0.29, 0.717) is 0 Å². The lowest BCUT2D eigenvalue weighted by atomic mass is 10.1. The van der Waals surface area contributed by atoms with Gasteiger partial charge < -0.3 is 5.73 Å². The number of rotatable bonds is 2. The summed E-state index contributed by atoms with van der Waals surface area (Å²) in [5, 5.41) is 4.22. The maximum Gasteiger partial charge on any atom is 0.150 e. The molecule has 12 heavy (non-hydrogen) atoms. The zero-order valence-corrected chi connectivity index (χ0v) is 8.13. The van der Waals surface area contributed by atoms with E-state index in [-0.39, 0.29) is 0 Å². The molecule has 1 heterocycles. The molecule has 0 spiro atoms. The summed E-state index contributed by atoms with van der Waals surface area (Å²) in [5.41, 5.74) is 5.49. The number of hydrogen-bond acceptors (Lipinski definition) is 3. The van der Waals surface area contributed by atoms with Crippen molar-refractivity contribution in [1.82, 2.24) is 14.8 Å². The molecule has 0 aliphatic carbocycles. The van der Waals surface area contributed by atoms with E-state index in [0.717, 1.165) is 18.1 Å². The van der Waals surface area contributed by atoms with Crippen LogP contribution in [-0.2, 0) is 19.0 Å². The maximum atomic E-state index is 5.90. The molecule has 0 saturated carbocycles. The average Bonchev–Trinajstić information content (AvgIpc) is 2.29. The van der Waals surface area contributed by atoms with Crippen molar-refractivity contribution in [3.05, 3.63) is 11.6 Å². The molecule has 0 aromatic carbocycles. The van der Waals surface area contributed by atoms with Gasteiger partial charge in [-0.2, -0.15) is 5.10 Å². The highest BCUT2D eigenvalue weighted by Crippen LogP contribution is 2.13. The first-order valence-corrected chi connectivity index (χ1v) is 4.14. The highest BCUT2D eigenvalue weighted by atomic mass is 15.3. The minimum absolute atomic E-state index is 0.408. The largest absolute Gasteiger partial charge is 0.319 e. The maximum absolute atomic E-state index is 5.90. The summed E-state index contributed by atoms with van der Waals surface area (Å²) in [6.45, 7) is 5.88. The lowest BCUT2D eigenvalue weighted by Crippen LogP contribution is -2.32. The Labute approximate surface area is 72.8 Å². The summed E-state index contributed by atoms with van der Waals surface area (Å²) in [6.07, 6.45) is 0.851. The Kier molecular flexibility index (Phi) is 2.19. The van der Waals surface area contributed by atoms with E-state index in [1.165, 1.54) is 0 Å². The molecule has 2 N–H and O–H groups in total. The fourth-order valence-corrected chi connectivity index (χ4v) is 1.15. The van der Waals surface area contributed by atoms with E-state index in [4.69, 9.17) is 5.73 Å². The topological polar surface area (TPSA) is 56.7 Å². The van der Waals surface area contributed by atoms with Crippen LogP contribution in [0.4, 0.5) is 0 Å². The van der Waals surface area contributed by atoms with Crippen LogP contribution in [0, 0.1) is 0 Å². The van der Waals surface area contributed by atoms with Crippen molar-refractivity contribution >= 4 is 0 Å². The van der Waals surface area contributed by atoms with Gasteiger partial charge in [0.2, 0.25) is 0 Å². The molecule has 0 radical (unpaired) electrons. The van der Waals surface area contributed by atoms with E-state index in [1.807, 2.05) is 27.8 Å². The van der Waals surface area contributed by atoms with Crippen LogP contribution in [0.3, 0.4) is 0 Å². The monoisotopic (exact) mass is 168 g/mol. The SMILES string of the molecule is CCc1nc(C(C)(C)N)n(C)n1. The summed E-state index contributed by atoms with van der Waals surface area (Å²) in [5.74, 6) is 1.69. The second-order valence-electron chi connectivity index (χ2n) is 3.55. The summed E-state index contributed by atoms with van der Waals surface area (Å²) in [7, 11) is 1.87. The molecule has 4 nitrogen and oxygen atoms in total. The first kappa shape index (κ1) is 9.19. The molecule has 0 amide bonds. The lowest BCUT2D eigenvalue weighted by Gasteiger charge is -2.16. The molecule has 0 bridgehead atoms. The standard InChI is InChI=1S/C8H16N4/c1-5-6-10-7(8(2,3)9)12(4)11-6/h5,9H2,1-4H3. The summed E-state index contributed by atoms with van der Waals surface area (Å²) >= 11 is 0. The molecule has 0 fully saturated rings. The fraction of sp³-hybridized carbons (Fsp3) is 0.750. The molecule has 1 aromatic heterocycles. The van der Waals surface area contributed by atoms with Crippen LogP contribution in [-0.4, -0.2) is 14.8 Å². The molecule has 4 heteroatoms. The van der Waals surface area contributed by atoms with Crippen molar-refractivity contribution in [2.45, 2.75) is 32.7 Å². The first-order chi connectivity index (χ1) is 5.45. The first-order valence-electron chi connectivity index (χ1n) is 4.14. The van der Waals surface area contributed by atoms with Crippen LogP contribution >= 0.6 is 0 Å². The summed E-state index contributed by atoms with van der Waals surface area (Å²) in [6, 6.07) is 0. The molecule has 68 valence electrons. The third-order valence-electron chi connectivity index (χ3n) is 1.70. The summed E-state index contributed by atoms with van der Waals surface area (Å²) < 4.78 is 1.75. The quantitative estimate of drug-likeness (QED) is 0.702. The Morgan fingerprint density at radius 1 is 1.50 bits per heavy atom. The van der Waals surface area contributed by atoms with Gasteiger partial charge in [0.25, 0.3) is 0 Å². The van der Waals surface area contributed by atoms with Crippen LogP contribution in [0.5, 0.6) is 0 Å². The van der Waals surface area contributed by atoms with Gasteiger partial charge in [0, 0.05) is 13.5 Å². The highest BCUT2D eigenvalue weighted by Gasteiger charge is 2.21. The van der Waals surface area contributed by atoms with Crippen molar-refractivity contribution < 1.29 is 0 Å². The third-order valence-corrected chi connectivity index (χ3v) is 1.70. The van der Waals surface area contributed by atoms with Gasteiger partial charge in [0.1, 0.15) is 5.82 Å². The zero-order valence-electron chi connectivity index (χ0n) is 8.13. The van der Waals surface area contributed by atoms with Gasteiger partial charge in [-0.15, -0.1) is 0 Å². The van der Waals surface area contributed by atoms with E-state index >= 15 is 0 Å². The molecule has 0 atom stereocenters. The smallest absolute Gasteiger partial charge is 0.150 e. The second-order valence-corrected chi connectivity index (χ2v) is 3.55. The molecular weight excluding hydrogens is 152 g/mol. The van der Waals surface area contributed by atoms with Gasteiger partial charge in [0.15, 0.2) is 5.82 Å². The molecule has 0 aliphatic heterocycles. The zero-order chi connectivity index (χ0) is 9.35. The van der Waals surface area contributed by atoms with Gasteiger partial charge in [-0.25, -0.2) is 4.98 Å². The predicted molar refractivity (Wildman–Crippen MR) is 47.6 cm³/mol. The van der Waals surface area contributed by atoms with Crippen LogP contribution < -0.4 is 5.73 Å². The normalized spacial score (nSPS) is 12.1. The second kappa shape index (κ2) is 2.86. The summed E-state index contributed by atoms with van der Waals surface area (Å²) in [4.78, 5) is 4.33. The Hall–Kier alpha value is -0.900. The predicted octanol–water partition coefficient (Wildman–Crippen LogP) is 0.571. The molecule has 0 aliphatic rings. The van der Waals surface area contributed by atoms with Crippen LogP contribution in [0.25, 0.3) is 0 Å². The number of aryl methyl sites for hydroxylation is 2. The van der Waals surface area contributed by atoms with Gasteiger partial charge in [0.05, 0.1) is 5.54 Å². The van der Waals surface area contributed by atoms with Crippen LogP contribution in [0.2, 0.25) is 0 Å². The number of nitrogens with zero attached hydrogens (tertiary/aromatic N) is 3. The van der Waals surface area contributed by atoms with E-state index in [1.54, 1.807) is 4.68 Å². The molecular formula is C8H16N4. The number of nitrogens with two attached hydrogens (primary N) is 1. The van der Waals surface area contributed by atoms with E-state index in [2.05, 4.69) is 10.1 Å². The van der Waals surface area contributed by atoms with Crippen molar-refractivity contribution in [2.75, 3.05) is 0 Å². The molecule has 1 aromatic rings. The Morgan fingerprint density at radius 3 is 2.33 bits per heavy atom. The van der Waals surface area contributed by atoms with Gasteiger partial charge >= 0.3 is 0 Å². The minimum Gasteiger partial charge on any atom is -0.319 e. The Bertz CT molecular complexity index is 269. The van der Waals surface area contributed by atoms with Crippen LogP contribution in [0.15, 0.2) is 0 Å². The van der Waals surface area contributed by atoms with Gasteiger partial charge in [-0.1, -0.05) is 6.92 Å². The van der Waals surface area contributed by atoms with E-state index < -0.39 is 5.54 Å². The fourth-order valence-electron chi connectivity index (χ4n) is 1.15. The van der Waals surface area contributed by atoms with Gasteiger partial charge in [-0.3, -0.25) is 4.68 Å². The number of aromatic nitrogens is 3. The average molecular weight is 168 g/mol. The highest BCUT2D eigenvalue weighted by molar-refractivity contribution is 5.03. The van der Waals surface area contributed by atoms with Crippen molar-refractivity contribution in [2.24, 2.45) is 12.8 Å². The third kappa shape index (κ3) is 1.64. The Balaban J connectivity index is 3.08. The number of hydrogen-bond donors (Lipinski definition) is 1. The van der Waals surface area contributed by atoms with Crippen molar-refractivity contribution in [3.8, 4) is 0 Å². The van der Waals surface area contributed by atoms with E-state index in [9.17, 15) is 0 Å². The molecule has 0 unspecified atom stereocenters. The van der Waals surface area contributed by atoms with Crippen molar-refractivity contribution in [1.29, 1.82) is 0 Å². The molecule has 1 rings (SSSR count). The van der Waals surface area contributed by atoms with Crippen LogP contribution in [0.1, 0.15) is 32.4 Å². The molecule has 0 saturated heterocycles. The van der Waals surface area contributed by atoms with Crippen molar-refractivity contribution in [3.63, 3.8) is 0 Å².